The molecule has 5 nitrogen and oxygen atoms in total. The summed E-state index contributed by atoms with van der Waals surface area (Å²) in [6, 6.07) is 5.41. The van der Waals surface area contributed by atoms with Crippen LogP contribution in [-0.4, -0.2) is 29.6 Å². The number of aliphatic imine (C=N–C) groups is 1. The zero-order valence-electron chi connectivity index (χ0n) is 12.3. The molecule has 1 aromatic rings. The number of nitrogens with two attached hydrogens (primary N) is 1. The standard InChI is InChI=1S/C14H18F3N3O2.HI/c15-14(16,17)22-11-4-2-10(3-5-11)8-19-12(18)20-9-13(21)6-1-7-13;/h2-5,21H,1,6-9H2,(H3,18,19,20);1H. The van der Waals surface area contributed by atoms with Crippen molar-refractivity contribution in [3.05, 3.63) is 29.8 Å². The Kier molecular flexibility index (Phi) is 6.93. The molecule has 0 heterocycles. The van der Waals surface area contributed by atoms with Crippen molar-refractivity contribution in [2.45, 2.75) is 37.8 Å². The molecule has 0 unspecified atom stereocenters. The highest BCUT2D eigenvalue weighted by Gasteiger charge is 2.34. The minimum atomic E-state index is -4.70. The summed E-state index contributed by atoms with van der Waals surface area (Å²) in [6.45, 7) is 0.574. The molecule has 1 aromatic carbocycles. The number of rotatable bonds is 5. The summed E-state index contributed by atoms with van der Waals surface area (Å²) in [6.07, 6.45) is -2.21. The lowest BCUT2D eigenvalue weighted by molar-refractivity contribution is -0.274. The number of nitrogens with zero attached hydrogens (tertiary/aromatic N) is 1. The third kappa shape index (κ3) is 6.81. The van der Waals surface area contributed by atoms with Gasteiger partial charge in [-0.2, -0.15) is 0 Å². The predicted molar refractivity (Wildman–Crippen MR) is 90.7 cm³/mol. The van der Waals surface area contributed by atoms with Crippen LogP contribution in [0.25, 0.3) is 0 Å². The van der Waals surface area contributed by atoms with Crippen molar-refractivity contribution in [1.82, 2.24) is 5.32 Å². The monoisotopic (exact) mass is 445 g/mol. The van der Waals surface area contributed by atoms with E-state index in [1.165, 1.54) is 24.3 Å². The van der Waals surface area contributed by atoms with Crippen molar-refractivity contribution in [2.75, 3.05) is 6.54 Å². The van der Waals surface area contributed by atoms with Gasteiger partial charge in [0.25, 0.3) is 0 Å². The number of ether oxygens (including phenoxy) is 1. The Bertz CT molecular complexity index is 531. The Hall–Kier alpha value is -1.23. The first-order chi connectivity index (χ1) is 10.3. The lowest BCUT2D eigenvalue weighted by atomic mass is 9.80. The second-order valence-electron chi connectivity index (χ2n) is 5.32. The van der Waals surface area contributed by atoms with Crippen LogP contribution >= 0.6 is 24.0 Å². The largest absolute Gasteiger partial charge is 0.573 e. The number of alkyl halides is 3. The summed E-state index contributed by atoms with van der Waals surface area (Å²) in [5.41, 5.74) is 5.67. The fourth-order valence-corrected chi connectivity index (χ4v) is 2.05. The van der Waals surface area contributed by atoms with Gasteiger partial charge in [0.15, 0.2) is 5.96 Å². The average Bonchev–Trinajstić information content (AvgIpc) is 2.40. The minimum absolute atomic E-state index is 0. The van der Waals surface area contributed by atoms with Gasteiger partial charge < -0.3 is 20.9 Å². The van der Waals surface area contributed by atoms with Crippen LogP contribution in [0.4, 0.5) is 13.2 Å². The molecule has 0 spiro atoms. The van der Waals surface area contributed by atoms with E-state index in [1.54, 1.807) is 0 Å². The molecule has 1 aliphatic carbocycles. The maximum atomic E-state index is 12.0. The highest BCUT2D eigenvalue weighted by Crippen LogP contribution is 2.30. The van der Waals surface area contributed by atoms with Crippen molar-refractivity contribution in [2.24, 2.45) is 10.7 Å². The lowest BCUT2D eigenvalue weighted by Crippen LogP contribution is -2.49. The van der Waals surface area contributed by atoms with Gasteiger partial charge in [-0.15, -0.1) is 37.1 Å². The predicted octanol–water partition coefficient (Wildman–Crippen LogP) is 2.52. The molecule has 0 atom stereocenters. The molecule has 2 rings (SSSR count). The molecule has 0 aliphatic heterocycles. The van der Waals surface area contributed by atoms with Gasteiger partial charge in [0.1, 0.15) is 5.75 Å². The number of guanidine groups is 1. The van der Waals surface area contributed by atoms with Gasteiger partial charge in [0.2, 0.25) is 0 Å². The summed E-state index contributed by atoms with van der Waals surface area (Å²) >= 11 is 0. The Morgan fingerprint density at radius 1 is 1.30 bits per heavy atom. The van der Waals surface area contributed by atoms with Crippen LogP contribution in [0.15, 0.2) is 29.3 Å². The van der Waals surface area contributed by atoms with Crippen LogP contribution in [0.5, 0.6) is 5.75 Å². The zero-order valence-corrected chi connectivity index (χ0v) is 14.6. The third-order valence-electron chi connectivity index (χ3n) is 3.47. The van der Waals surface area contributed by atoms with Crippen molar-refractivity contribution in [3.63, 3.8) is 0 Å². The van der Waals surface area contributed by atoms with Gasteiger partial charge in [-0.1, -0.05) is 12.1 Å². The van der Waals surface area contributed by atoms with Crippen LogP contribution < -0.4 is 15.8 Å². The summed E-state index contributed by atoms with van der Waals surface area (Å²) in [5.74, 6) is -0.0884. The molecule has 0 radical (unpaired) electrons. The second kappa shape index (κ2) is 8.04. The van der Waals surface area contributed by atoms with Crippen LogP contribution in [0.3, 0.4) is 0 Å². The van der Waals surface area contributed by atoms with Gasteiger partial charge in [-0.05, 0) is 37.0 Å². The van der Waals surface area contributed by atoms with E-state index in [9.17, 15) is 18.3 Å². The molecule has 0 amide bonds. The molecular formula is C14H19F3IN3O2. The fourth-order valence-electron chi connectivity index (χ4n) is 2.05. The fraction of sp³-hybridized carbons (Fsp3) is 0.500. The van der Waals surface area contributed by atoms with E-state index in [1.807, 2.05) is 0 Å². The van der Waals surface area contributed by atoms with Gasteiger partial charge in [0, 0.05) is 6.54 Å². The van der Waals surface area contributed by atoms with E-state index in [0.29, 0.717) is 12.1 Å². The highest BCUT2D eigenvalue weighted by molar-refractivity contribution is 14.0. The first-order valence-electron chi connectivity index (χ1n) is 6.87. The molecular weight excluding hydrogens is 426 g/mol. The maximum Gasteiger partial charge on any atom is 0.573 e. The van der Waals surface area contributed by atoms with E-state index in [-0.39, 0.29) is 42.2 Å². The van der Waals surface area contributed by atoms with Crippen LogP contribution in [-0.2, 0) is 6.54 Å². The topological polar surface area (TPSA) is 79.9 Å². The molecule has 1 aliphatic rings. The third-order valence-corrected chi connectivity index (χ3v) is 3.47. The van der Waals surface area contributed by atoms with E-state index in [2.05, 4.69) is 15.0 Å². The molecule has 0 aromatic heterocycles. The summed E-state index contributed by atoms with van der Waals surface area (Å²) in [5, 5.41) is 12.7. The van der Waals surface area contributed by atoms with Gasteiger partial charge in [0.05, 0.1) is 12.1 Å². The van der Waals surface area contributed by atoms with Crippen molar-refractivity contribution in [1.29, 1.82) is 0 Å². The van der Waals surface area contributed by atoms with Crippen LogP contribution in [0.1, 0.15) is 24.8 Å². The minimum Gasteiger partial charge on any atom is -0.406 e. The first-order valence-corrected chi connectivity index (χ1v) is 6.87. The number of halogens is 4. The summed E-state index contributed by atoms with van der Waals surface area (Å²) in [4.78, 5) is 4.07. The van der Waals surface area contributed by atoms with Crippen molar-refractivity contribution in [3.8, 4) is 5.75 Å². The molecule has 0 bridgehead atoms. The number of aliphatic hydroxyl groups is 1. The molecule has 1 fully saturated rings. The molecule has 23 heavy (non-hydrogen) atoms. The van der Waals surface area contributed by atoms with E-state index in [0.717, 1.165) is 19.3 Å². The van der Waals surface area contributed by atoms with Gasteiger partial charge in [-0.25, -0.2) is 4.99 Å². The Morgan fingerprint density at radius 2 is 1.91 bits per heavy atom. The number of hydrogen-bond donors (Lipinski definition) is 3. The van der Waals surface area contributed by atoms with Gasteiger partial charge in [-0.3, -0.25) is 0 Å². The summed E-state index contributed by atoms with van der Waals surface area (Å²) in [7, 11) is 0. The molecule has 130 valence electrons. The zero-order chi connectivity index (χ0) is 16.2. The summed E-state index contributed by atoms with van der Waals surface area (Å²) < 4.78 is 39.8. The molecule has 1 saturated carbocycles. The molecule has 0 saturated heterocycles. The highest BCUT2D eigenvalue weighted by atomic mass is 127. The quantitative estimate of drug-likeness (QED) is 0.370. The van der Waals surface area contributed by atoms with E-state index < -0.39 is 12.0 Å². The Balaban J connectivity index is 0.00000264. The average molecular weight is 445 g/mol. The number of hydrogen-bond acceptors (Lipinski definition) is 3. The van der Waals surface area contributed by atoms with Crippen molar-refractivity contribution < 1.29 is 23.0 Å². The van der Waals surface area contributed by atoms with Crippen molar-refractivity contribution >= 4 is 29.9 Å². The second-order valence-corrected chi connectivity index (χ2v) is 5.32. The molecule has 9 heteroatoms. The Morgan fingerprint density at radius 3 is 2.39 bits per heavy atom. The lowest BCUT2D eigenvalue weighted by Gasteiger charge is -2.36. The smallest absolute Gasteiger partial charge is 0.406 e. The van der Waals surface area contributed by atoms with E-state index in [4.69, 9.17) is 5.73 Å². The normalized spacial score (nSPS) is 17.0. The number of benzene rings is 1. The number of nitrogens with one attached hydrogen (secondary N) is 1. The maximum absolute atomic E-state index is 12.0. The van der Waals surface area contributed by atoms with E-state index >= 15 is 0 Å². The molecule has 4 N–H and O–H groups in total. The Labute approximate surface area is 149 Å². The van der Waals surface area contributed by atoms with Gasteiger partial charge >= 0.3 is 6.36 Å². The SMILES string of the molecule is I.NC(=NCc1ccc(OC(F)(F)F)cc1)NCC1(O)CCC1. The van der Waals surface area contributed by atoms with Crippen LogP contribution in [0, 0.1) is 0 Å². The first kappa shape index (κ1) is 19.8. The van der Waals surface area contributed by atoms with Crippen LogP contribution in [0.2, 0.25) is 0 Å².